The lowest BCUT2D eigenvalue weighted by Gasteiger charge is -2.12. The van der Waals surface area contributed by atoms with Gasteiger partial charge in [-0.3, -0.25) is 0 Å². The zero-order valence-corrected chi connectivity index (χ0v) is 12.7. The number of nitrogens with two attached hydrogens (primary N) is 1. The molecule has 4 aromatic carbocycles. The predicted molar refractivity (Wildman–Crippen MR) is 99.4 cm³/mol. The highest BCUT2D eigenvalue weighted by atomic mass is 32.1. The van der Waals surface area contributed by atoms with Crippen LogP contribution in [0.25, 0.3) is 32.3 Å². The largest absolute Gasteiger partial charge is 0.376 e. The van der Waals surface area contributed by atoms with Crippen LogP contribution >= 0.6 is 12.2 Å². The lowest BCUT2D eigenvalue weighted by Crippen LogP contribution is -2.19. The number of thiocarbonyl (C=S) groups is 1. The van der Waals surface area contributed by atoms with Gasteiger partial charge in [0.15, 0.2) is 5.11 Å². The molecule has 0 amide bonds. The third kappa shape index (κ3) is 2.07. The van der Waals surface area contributed by atoms with Gasteiger partial charge in [0.2, 0.25) is 0 Å². The molecule has 0 atom stereocenters. The Labute approximate surface area is 133 Å². The average Bonchev–Trinajstić information content (AvgIpc) is 2.52. The molecular weight excluding hydrogens is 288 g/mol. The lowest BCUT2D eigenvalue weighted by atomic mass is 9.97. The molecule has 106 valence electrons. The van der Waals surface area contributed by atoms with Crippen LogP contribution < -0.4 is 11.1 Å². The summed E-state index contributed by atoms with van der Waals surface area (Å²) in [5.41, 5.74) is 6.62. The van der Waals surface area contributed by atoms with E-state index in [1.165, 1.54) is 26.9 Å². The van der Waals surface area contributed by atoms with Crippen molar-refractivity contribution in [2.24, 2.45) is 5.73 Å². The highest BCUT2D eigenvalue weighted by Gasteiger charge is 2.07. The zero-order valence-electron chi connectivity index (χ0n) is 11.8. The first kappa shape index (κ1) is 13.0. The molecule has 3 heteroatoms. The van der Waals surface area contributed by atoms with E-state index >= 15 is 0 Å². The topological polar surface area (TPSA) is 38.0 Å². The molecule has 4 aromatic rings. The van der Waals surface area contributed by atoms with Gasteiger partial charge in [0, 0.05) is 11.1 Å². The standard InChI is InChI=1S/C19H14N2S/c20-19(22)21-17-7-3-6-12-8-9-15-10-13-4-1-2-5-14(13)11-16(15)18(12)17/h1-11H,(H3,20,21,22). The van der Waals surface area contributed by atoms with Crippen LogP contribution in [0, 0.1) is 0 Å². The molecule has 0 bridgehead atoms. The highest BCUT2D eigenvalue weighted by molar-refractivity contribution is 7.80. The van der Waals surface area contributed by atoms with Gasteiger partial charge in [0.25, 0.3) is 0 Å². The van der Waals surface area contributed by atoms with Gasteiger partial charge in [-0.15, -0.1) is 0 Å². The number of rotatable bonds is 1. The number of hydrogen-bond acceptors (Lipinski definition) is 1. The third-order valence-electron chi connectivity index (χ3n) is 3.98. The Hall–Kier alpha value is -2.65. The minimum Gasteiger partial charge on any atom is -0.376 e. The van der Waals surface area contributed by atoms with Crippen molar-refractivity contribution in [1.29, 1.82) is 0 Å². The first-order valence-electron chi connectivity index (χ1n) is 7.13. The molecule has 0 saturated heterocycles. The van der Waals surface area contributed by atoms with Crippen molar-refractivity contribution in [2.75, 3.05) is 5.32 Å². The van der Waals surface area contributed by atoms with Crippen molar-refractivity contribution >= 4 is 55.3 Å². The summed E-state index contributed by atoms with van der Waals surface area (Å²) in [5.74, 6) is 0. The highest BCUT2D eigenvalue weighted by Crippen LogP contribution is 2.33. The van der Waals surface area contributed by atoms with E-state index in [0.717, 1.165) is 11.1 Å². The molecule has 0 aliphatic rings. The molecule has 22 heavy (non-hydrogen) atoms. The van der Waals surface area contributed by atoms with Gasteiger partial charge in [-0.05, 0) is 57.3 Å². The second-order valence-corrected chi connectivity index (χ2v) is 5.82. The fraction of sp³-hybridized carbons (Fsp3) is 0. The van der Waals surface area contributed by atoms with Crippen molar-refractivity contribution in [3.63, 3.8) is 0 Å². The summed E-state index contributed by atoms with van der Waals surface area (Å²) in [6.45, 7) is 0. The maximum atomic E-state index is 5.67. The molecule has 2 nitrogen and oxygen atoms in total. The van der Waals surface area contributed by atoms with Crippen LogP contribution in [0.15, 0.2) is 66.7 Å². The summed E-state index contributed by atoms with van der Waals surface area (Å²) in [7, 11) is 0. The van der Waals surface area contributed by atoms with Crippen LogP contribution in [0.3, 0.4) is 0 Å². The molecule has 3 N–H and O–H groups in total. The number of anilines is 1. The van der Waals surface area contributed by atoms with Crippen LogP contribution in [0.4, 0.5) is 5.69 Å². The molecule has 0 heterocycles. The number of nitrogens with one attached hydrogen (secondary N) is 1. The monoisotopic (exact) mass is 302 g/mol. The van der Waals surface area contributed by atoms with Crippen molar-refractivity contribution in [3.8, 4) is 0 Å². The van der Waals surface area contributed by atoms with E-state index in [1.807, 2.05) is 12.1 Å². The Morgan fingerprint density at radius 2 is 1.45 bits per heavy atom. The van der Waals surface area contributed by atoms with Gasteiger partial charge in [0.1, 0.15) is 0 Å². The fourth-order valence-electron chi connectivity index (χ4n) is 3.04. The maximum absolute atomic E-state index is 5.67. The van der Waals surface area contributed by atoms with Gasteiger partial charge in [0.05, 0.1) is 0 Å². The SMILES string of the molecule is NC(=S)Nc1cccc2ccc3cc4ccccc4cc3c12. The summed E-state index contributed by atoms with van der Waals surface area (Å²) >= 11 is 5.01. The normalized spacial score (nSPS) is 11.1. The van der Waals surface area contributed by atoms with Gasteiger partial charge in [-0.1, -0.05) is 48.5 Å². The van der Waals surface area contributed by atoms with E-state index < -0.39 is 0 Å². The van der Waals surface area contributed by atoms with E-state index in [0.29, 0.717) is 0 Å². The Kier molecular flexibility index (Phi) is 2.94. The van der Waals surface area contributed by atoms with E-state index in [2.05, 4.69) is 59.9 Å². The Bertz CT molecular complexity index is 1040. The molecule has 0 aliphatic carbocycles. The van der Waals surface area contributed by atoms with Gasteiger partial charge in [-0.25, -0.2) is 0 Å². The number of benzene rings is 4. The molecule has 0 unspecified atom stereocenters. The number of hydrogen-bond donors (Lipinski definition) is 2. The molecule has 0 saturated carbocycles. The van der Waals surface area contributed by atoms with E-state index in [1.54, 1.807) is 0 Å². The van der Waals surface area contributed by atoms with E-state index in [4.69, 9.17) is 18.0 Å². The maximum Gasteiger partial charge on any atom is 0.168 e. The Morgan fingerprint density at radius 1 is 0.773 bits per heavy atom. The first-order valence-corrected chi connectivity index (χ1v) is 7.54. The predicted octanol–water partition coefficient (Wildman–Crippen LogP) is 4.80. The van der Waals surface area contributed by atoms with E-state index in [-0.39, 0.29) is 5.11 Å². The summed E-state index contributed by atoms with van der Waals surface area (Å²) in [6.07, 6.45) is 0. The molecule has 0 spiro atoms. The summed E-state index contributed by atoms with van der Waals surface area (Å²) in [5, 5.41) is 10.6. The smallest absolute Gasteiger partial charge is 0.168 e. The fourth-order valence-corrected chi connectivity index (χ4v) is 3.15. The summed E-state index contributed by atoms with van der Waals surface area (Å²) < 4.78 is 0. The van der Waals surface area contributed by atoms with Crippen LogP contribution in [0.1, 0.15) is 0 Å². The van der Waals surface area contributed by atoms with Crippen LogP contribution in [0.2, 0.25) is 0 Å². The molecule has 4 rings (SSSR count). The van der Waals surface area contributed by atoms with Gasteiger partial charge < -0.3 is 11.1 Å². The average molecular weight is 302 g/mol. The van der Waals surface area contributed by atoms with Crippen molar-refractivity contribution in [1.82, 2.24) is 0 Å². The van der Waals surface area contributed by atoms with Crippen LogP contribution in [0.5, 0.6) is 0 Å². The van der Waals surface area contributed by atoms with Crippen molar-refractivity contribution in [2.45, 2.75) is 0 Å². The number of fused-ring (bicyclic) bond motifs is 4. The minimum absolute atomic E-state index is 0.283. The molecular formula is C19H14N2S. The zero-order chi connectivity index (χ0) is 15.1. The Morgan fingerprint density at radius 3 is 2.23 bits per heavy atom. The summed E-state index contributed by atoms with van der Waals surface area (Å²) in [6, 6.07) is 23.3. The minimum atomic E-state index is 0.283. The van der Waals surface area contributed by atoms with Crippen LogP contribution in [-0.2, 0) is 0 Å². The second-order valence-electron chi connectivity index (χ2n) is 5.38. The van der Waals surface area contributed by atoms with Gasteiger partial charge in [-0.2, -0.15) is 0 Å². The third-order valence-corrected chi connectivity index (χ3v) is 4.09. The molecule has 0 fully saturated rings. The lowest BCUT2D eigenvalue weighted by molar-refractivity contribution is 1.66. The van der Waals surface area contributed by atoms with Crippen molar-refractivity contribution < 1.29 is 0 Å². The van der Waals surface area contributed by atoms with E-state index in [9.17, 15) is 0 Å². The molecule has 0 radical (unpaired) electrons. The van der Waals surface area contributed by atoms with Crippen LogP contribution in [-0.4, -0.2) is 5.11 Å². The van der Waals surface area contributed by atoms with Crippen molar-refractivity contribution in [3.05, 3.63) is 66.7 Å². The Balaban J connectivity index is 2.16. The van der Waals surface area contributed by atoms with Gasteiger partial charge >= 0.3 is 0 Å². The quantitative estimate of drug-likeness (QED) is 0.301. The second kappa shape index (κ2) is 4.97. The molecule has 0 aliphatic heterocycles. The summed E-state index contributed by atoms with van der Waals surface area (Å²) in [4.78, 5) is 0. The first-order chi connectivity index (χ1) is 10.7. The molecule has 0 aromatic heterocycles.